The van der Waals surface area contributed by atoms with E-state index < -0.39 is 0 Å². The molecule has 23 heavy (non-hydrogen) atoms. The highest BCUT2D eigenvalue weighted by molar-refractivity contribution is 9.10. The molecule has 1 atom stereocenters. The minimum Gasteiger partial charge on any atom is -0.481 e. The van der Waals surface area contributed by atoms with Crippen molar-refractivity contribution < 1.29 is 4.74 Å². The second-order valence-corrected chi connectivity index (χ2v) is 6.18. The van der Waals surface area contributed by atoms with Gasteiger partial charge in [-0.25, -0.2) is 15.0 Å². The summed E-state index contributed by atoms with van der Waals surface area (Å²) in [4.78, 5) is 13.4. The third-order valence-corrected chi connectivity index (χ3v) is 4.03. The summed E-state index contributed by atoms with van der Waals surface area (Å²) in [5.41, 5.74) is 2.66. The summed E-state index contributed by atoms with van der Waals surface area (Å²) in [6.45, 7) is 3.96. The van der Waals surface area contributed by atoms with Crippen LogP contribution in [0.5, 0.6) is 5.88 Å². The average molecular weight is 373 g/mol. The normalized spacial score (nSPS) is 12.2. The first-order chi connectivity index (χ1) is 11.1. The molecule has 0 saturated carbocycles. The first kappa shape index (κ1) is 15.7. The Kier molecular flexibility index (Phi) is 4.43. The van der Waals surface area contributed by atoms with E-state index in [0.717, 1.165) is 15.6 Å². The number of pyridine rings is 1. The molecule has 0 aliphatic heterocycles. The van der Waals surface area contributed by atoms with Crippen LogP contribution < -0.4 is 10.1 Å². The fraction of sp³-hybridized carbons (Fsp3) is 0.235. The number of fused-ring (bicyclic) bond motifs is 1. The van der Waals surface area contributed by atoms with E-state index in [0.29, 0.717) is 23.0 Å². The van der Waals surface area contributed by atoms with Gasteiger partial charge in [-0.3, -0.25) is 0 Å². The van der Waals surface area contributed by atoms with Crippen LogP contribution in [-0.4, -0.2) is 22.1 Å². The Morgan fingerprint density at radius 3 is 2.70 bits per heavy atom. The van der Waals surface area contributed by atoms with Gasteiger partial charge in [-0.15, -0.1) is 0 Å². The molecule has 0 unspecified atom stereocenters. The fourth-order valence-corrected chi connectivity index (χ4v) is 2.81. The van der Waals surface area contributed by atoms with E-state index >= 15 is 0 Å². The van der Waals surface area contributed by atoms with Crippen molar-refractivity contribution in [1.82, 2.24) is 15.0 Å². The van der Waals surface area contributed by atoms with Crippen LogP contribution in [0.25, 0.3) is 11.0 Å². The summed E-state index contributed by atoms with van der Waals surface area (Å²) in [6.07, 6.45) is 0. The molecule has 0 fully saturated rings. The van der Waals surface area contributed by atoms with E-state index in [9.17, 15) is 0 Å². The van der Waals surface area contributed by atoms with Crippen molar-refractivity contribution in [3.05, 3.63) is 52.3 Å². The highest BCUT2D eigenvalue weighted by atomic mass is 79.9. The third kappa shape index (κ3) is 3.42. The van der Waals surface area contributed by atoms with E-state index in [1.807, 2.05) is 25.1 Å². The second-order valence-electron chi connectivity index (χ2n) is 5.26. The lowest BCUT2D eigenvalue weighted by Gasteiger charge is -2.17. The number of anilines is 1. The highest BCUT2D eigenvalue weighted by Crippen LogP contribution is 2.26. The molecule has 3 rings (SSSR count). The molecule has 0 aliphatic rings. The summed E-state index contributed by atoms with van der Waals surface area (Å²) in [6, 6.07) is 12.0. The molecule has 1 aromatic carbocycles. The lowest BCUT2D eigenvalue weighted by Crippen LogP contribution is -2.10. The van der Waals surface area contributed by atoms with Crippen molar-refractivity contribution in [2.24, 2.45) is 0 Å². The predicted molar refractivity (Wildman–Crippen MR) is 94.8 cm³/mol. The lowest BCUT2D eigenvalue weighted by atomic mass is 10.1. The average Bonchev–Trinajstić information content (AvgIpc) is 2.54. The molecule has 2 aromatic heterocycles. The SMILES string of the molecule is COc1ccc2nc(C)nc(N[C@H](C)c3cccc(Br)c3)c2n1. The summed E-state index contributed by atoms with van der Waals surface area (Å²) >= 11 is 3.50. The molecule has 0 radical (unpaired) electrons. The van der Waals surface area contributed by atoms with Gasteiger partial charge >= 0.3 is 0 Å². The van der Waals surface area contributed by atoms with E-state index in [1.54, 1.807) is 13.2 Å². The van der Waals surface area contributed by atoms with Crippen LogP contribution >= 0.6 is 15.9 Å². The molecule has 1 N–H and O–H groups in total. The Morgan fingerprint density at radius 2 is 1.96 bits per heavy atom. The van der Waals surface area contributed by atoms with Crippen molar-refractivity contribution in [2.45, 2.75) is 19.9 Å². The molecule has 0 spiro atoms. The molecule has 3 aromatic rings. The number of hydrogen-bond acceptors (Lipinski definition) is 5. The Bertz CT molecular complexity index is 853. The molecule has 0 aliphatic carbocycles. The van der Waals surface area contributed by atoms with Crippen LogP contribution in [0.1, 0.15) is 24.4 Å². The van der Waals surface area contributed by atoms with Crippen molar-refractivity contribution >= 4 is 32.8 Å². The Morgan fingerprint density at radius 1 is 1.13 bits per heavy atom. The monoisotopic (exact) mass is 372 g/mol. The minimum absolute atomic E-state index is 0.0815. The van der Waals surface area contributed by atoms with E-state index in [4.69, 9.17) is 4.74 Å². The number of nitrogens with one attached hydrogen (secondary N) is 1. The highest BCUT2D eigenvalue weighted by Gasteiger charge is 2.13. The summed E-state index contributed by atoms with van der Waals surface area (Å²) in [7, 11) is 1.60. The fourth-order valence-electron chi connectivity index (χ4n) is 2.39. The summed E-state index contributed by atoms with van der Waals surface area (Å²) in [5.74, 6) is 1.95. The maximum atomic E-state index is 5.21. The number of methoxy groups -OCH3 is 1. The second kappa shape index (κ2) is 6.50. The third-order valence-electron chi connectivity index (χ3n) is 3.54. The lowest BCUT2D eigenvalue weighted by molar-refractivity contribution is 0.399. The van der Waals surface area contributed by atoms with E-state index in [-0.39, 0.29) is 6.04 Å². The largest absolute Gasteiger partial charge is 0.481 e. The minimum atomic E-state index is 0.0815. The van der Waals surface area contributed by atoms with Crippen LogP contribution in [0.4, 0.5) is 5.82 Å². The van der Waals surface area contributed by atoms with Crippen LogP contribution in [0.3, 0.4) is 0 Å². The molecule has 0 amide bonds. The maximum Gasteiger partial charge on any atom is 0.213 e. The molecule has 6 heteroatoms. The van der Waals surface area contributed by atoms with Crippen LogP contribution in [0.15, 0.2) is 40.9 Å². The Labute approximate surface area is 143 Å². The van der Waals surface area contributed by atoms with Crippen molar-refractivity contribution in [3.8, 4) is 5.88 Å². The van der Waals surface area contributed by atoms with Crippen molar-refractivity contribution in [1.29, 1.82) is 0 Å². The predicted octanol–water partition coefficient (Wildman–Crippen LogP) is 4.28. The van der Waals surface area contributed by atoms with E-state index in [1.165, 1.54) is 0 Å². The molecule has 0 saturated heterocycles. The van der Waals surface area contributed by atoms with Crippen LogP contribution in [0, 0.1) is 6.92 Å². The smallest absolute Gasteiger partial charge is 0.213 e. The van der Waals surface area contributed by atoms with Crippen LogP contribution in [0.2, 0.25) is 0 Å². The zero-order valence-electron chi connectivity index (χ0n) is 13.2. The zero-order valence-corrected chi connectivity index (χ0v) is 14.8. The van der Waals surface area contributed by atoms with Gasteiger partial charge in [0, 0.05) is 10.5 Å². The first-order valence-corrected chi connectivity index (χ1v) is 8.07. The quantitative estimate of drug-likeness (QED) is 0.740. The number of aryl methyl sites for hydroxylation is 1. The summed E-state index contributed by atoms with van der Waals surface area (Å²) < 4.78 is 6.26. The molecular weight excluding hydrogens is 356 g/mol. The standard InChI is InChI=1S/C17H17BrN4O/c1-10(12-5-4-6-13(18)9-12)19-17-16-14(20-11(2)21-17)7-8-15(22-16)23-3/h4-10H,1-3H3,(H,19,20,21)/t10-/m1/s1. The van der Waals surface area contributed by atoms with Crippen molar-refractivity contribution in [3.63, 3.8) is 0 Å². The number of benzene rings is 1. The first-order valence-electron chi connectivity index (χ1n) is 7.28. The van der Waals surface area contributed by atoms with Gasteiger partial charge in [-0.2, -0.15) is 0 Å². The number of aromatic nitrogens is 3. The Balaban J connectivity index is 2.01. The summed E-state index contributed by atoms with van der Waals surface area (Å²) in [5, 5.41) is 3.43. The molecule has 118 valence electrons. The van der Waals surface area contributed by atoms with Crippen LogP contribution in [-0.2, 0) is 0 Å². The zero-order chi connectivity index (χ0) is 16.4. The van der Waals surface area contributed by atoms with Gasteiger partial charge in [0.2, 0.25) is 5.88 Å². The molecule has 5 nitrogen and oxygen atoms in total. The number of hydrogen-bond donors (Lipinski definition) is 1. The number of nitrogens with zero attached hydrogens (tertiary/aromatic N) is 3. The van der Waals surface area contributed by atoms with Gasteiger partial charge in [-0.1, -0.05) is 28.1 Å². The topological polar surface area (TPSA) is 59.9 Å². The van der Waals surface area contributed by atoms with E-state index in [2.05, 4.69) is 55.3 Å². The van der Waals surface area contributed by atoms with Gasteiger partial charge < -0.3 is 10.1 Å². The Hall–Kier alpha value is -2.21. The van der Waals surface area contributed by atoms with Gasteiger partial charge in [-0.05, 0) is 37.6 Å². The number of ether oxygens (including phenoxy) is 1. The maximum absolute atomic E-state index is 5.21. The van der Waals surface area contributed by atoms with Gasteiger partial charge in [0.1, 0.15) is 11.3 Å². The van der Waals surface area contributed by atoms with Gasteiger partial charge in [0.05, 0.1) is 18.7 Å². The molecular formula is C17H17BrN4O. The van der Waals surface area contributed by atoms with Gasteiger partial charge in [0.15, 0.2) is 5.82 Å². The number of halogens is 1. The molecule has 2 heterocycles. The van der Waals surface area contributed by atoms with Crippen molar-refractivity contribution in [2.75, 3.05) is 12.4 Å². The van der Waals surface area contributed by atoms with Gasteiger partial charge in [0.25, 0.3) is 0 Å². The molecule has 0 bridgehead atoms. The number of rotatable bonds is 4.